The Kier molecular flexibility index (Phi) is 3.63. The van der Waals surface area contributed by atoms with Crippen molar-refractivity contribution in [1.29, 1.82) is 0 Å². The summed E-state index contributed by atoms with van der Waals surface area (Å²) in [5.74, 6) is 2.43. The third-order valence-corrected chi connectivity index (χ3v) is 6.61. The average molecular weight is 389 g/mol. The van der Waals surface area contributed by atoms with Crippen LogP contribution in [-0.4, -0.2) is 14.8 Å². The number of fused-ring (bicyclic) bond motifs is 3. The molecule has 0 N–H and O–H groups in total. The van der Waals surface area contributed by atoms with E-state index in [0.717, 1.165) is 32.7 Å². The minimum absolute atomic E-state index is 0.305. The molecule has 0 amide bonds. The highest BCUT2D eigenvalue weighted by Crippen LogP contribution is 2.46. The zero-order valence-electron chi connectivity index (χ0n) is 15.3. The maximum absolute atomic E-state index is 12.1. The summed E-state index contributed by atoms with van der Waals surface area (Å²) in [7, 11) is 0. The van der Waals surface area contributed by atoms with Crippen molar-refractivity contribution in [1.82, 2.24) is 14.8 Å². The van der Waals surface area contributed by atoms with Crippen molar-refractivity contribution in [3.8, 4) is 0 Å². The molecule has 140 valence electrons. The molecule has 0 bridgehead atoms. The van der Waals surface area contributed by atoms with Gasteiger partial charge in [-0.15, -0.1) is 10.2 Å². The first-order valence-electron chi connectivity index (χ1n) is 9.80. The van der Waals surface area contributed by atoms with E-state index in [2.05, 4.69) is 26.9 Å². The van der Waals surface area contributed by atoms with Gasteiger partial charge in [-0.05, 0) is 48.1 Å². The molecule has 2 aromatic carbocycles. The normalized spacial score (nSPS) is 16.9. The van der Waals surface area contributed by atoms with Crippen molar-refractivity contribution in [2.75, 3.05) is 0 Å². The van der Waals surface area contributed by atoms with E-state index in [1.165, 1.54) is 25.7 Å². The zero-order chi connectivity index (χ0) is 18.7. The fourth-order valence-electron chi connectivity index (χ4n) is 3.96. The Bertz CT molecular complexity index is 1270. The van der Waals surface area contributed by atoms with E-state index >= 15 is 0 Å². The van der Waals surface area contributed by atoms with Crippen LogP contribution in [0.15, 0.2) is 56.8 Å². The van der Waals surface area contributed by atoms with Gasteiger partial charge in [0.05, 0.1) is 0 Å². The molecular formula is C22H19N3O2S. The Morgan fingerprint density at radius 1 is 1.07 bits per heavy atom. The Morgan fingerprint density at radius 2 is 1.93 bits per heavy atom. The van der Waals surface area contributed by atoms with Gasteiger partial charge in [0, 0.05) is 29.2 Å². The molecule has 2 saturated carbocycles. The first-order valence-corrected chi connectivity index (χ1v) is 10.8. The van der Waals surface area contributed by atoms with Crippen LogP contribution in [0.4, 0.5) is 0 Å². The number of aromatic nitrogens is 3. The maximum atomic E-state index is 12.1. The fraction of sp³-hybridized carbons (Fsp3) is 0.318. The molecular weight excluding hydrogens is 370 g/mol. The van der Waals surface area contributed by atoms with Crippen LogP contribution in [0, 0.1) is 0 Å². The molecule has 2 fully saturated rings. The quantitative estimate of drug-likeness (QED) is 0.272. The second kappa shape index (κ2) is 6.21. The number of hydrogen-bond acceptors (Lipinski definition) is 5. The van der Waals surface area contributed by atoms with Crippen molar-refractivity contribution in [3.63, 3.8) is 0 Å². The van der Waals surface area contributed by atoms with Gasteiger partial charge in [-0.2, -0.15) is 0 Å². The smallest absolute Gasteiger partial charge is 0.336 e. The molecule has 4 aromatic rings. The van der Waals surface area contributed by atoms with E-state index in [1.807, 2.05) is 24.3 Å². The SMILES string of the molecule is O=c1cc(CSc2nnc(C3CC3)n2C2CC2)c2c(ccc3ccccc32)o1. The highest BCUT2D eigenvalue weighted by atomic mass is 32.2. The van der Waals surface area contributed by atoms with Gasteiger partial charge in [0.2, 0.25) is 0 Å². The van der Waals surface area contributed by atoms with Gasteiger partial charge in [-0.3, -0.25) is 0 Å². The lowest BCUT2D eigenvalue weighted by atomic mass is 10.0. The predicted octanol–water partition coefficient (Wildman–Crippen LogP) is 5.04. The fourth-order valence-corrected chi connectivity index (χ4v) is 4.95. The molecule has 2 aliphatic rings. The summed E-state index contributed by atoms with van der Waals surface area (Å²) in [6.07, 6.45) is 4.89. The first-order chi connectivity index (χ1) is 13.8. The maximum Gasteiger partial charge on any atom is 0.336 e. The van der Waals surface area contributed by atoms with Crippen LogP contribution in [0.25, 0.3) is 21.7 Å². The molecule has 0 aliphatic heterocycles. The lowest BCUT2D eigenvalue weighted by Crippen LogP contribution is -2.03. The summed E-state index contributed by atoms with van der Waals surface area (Å²) in [5, 5.41) is 13.2. The molecule has 2 heterocycles. The minimum atomic E-state index is -0.305. The van der Waals surface area contributed by atoms with Crippen LogP contribution in [0.5, 0.6) is 0 Å². The van der Waals surface area contributed by atoms with E-state index in [1.54, 1.807) is 17.8 Å². The lowest BCUT2D eigenvalue weighted by Gasteiger charge is -2.10. The molecule has 0 radical (unpaired) electrons. The van der Waals surface area contributed by atoms with Crippen LogP contribution in [0.2, 0.25) is 0 Å². The highest BCUT2D eigenvalue weighted by Gasteiger charge is 2.36. The summed E-state index contributed by atoms with van der Waals surface area (Å²) in [6.45, 7) is 0. The van der Waals surface area contributed by atoms with E-state index < -0.39 is 0 Å². The van der Waals surface area contributed by atoms with Gasteiger partial charge in [0.25, 0.3) is 0 Å². The Balaban J connectivity index is 1.42. The van der Waals surface area contributed by atoms with E-state index in [0.29, 0.717) is 23.3 Å². The van der Waals surface area contributed by atoms with Crippen molar-refractivity contribution in [2.45, 2.75) is 48.6 Å². The Hall–Kier alpha value is -2.60. The van der Waals surface area contributed by atoms with Crippen LogP contribution < -0.4 is 5.63 Å². The summed E-state index contributed by atoms with van der Waals surface area (Å²) in [6, 6.07) is 14.3. The molecule has 2 aromatic heterocycles. The largest absolute Gasteiger partial charge is 0.423 e. The summed E-state index contributed by atoms with van der Waals surface area (Å²) in [4.78, 5) is 12.1. The zero-order valence-corrected chi connectivity index (χ0v) is 16.1. The first kappa shape index (κ1) is 16.4. The van der Waals surface area contributed by atoms with Crippen LogP contribution in [0.3, 0.4) is 0 Å². The lowest BCUT2D eigenvalue weighted by molar-refractivity contribution is 0.560. The number of benzene rings is 2. The van der Waals surface area contributed by atoms with Crippen LogP contribution >= 0.6 is 11.8 Å². The molecule has 0 saturated heterocycles. The number of rotatable bonds is 5. The summed E-state index contributed by atoms with van der Waals surface area (Å²) >= 11 is 1.68. The summed E-state index contributed by atoms with van der Waals surface area (Å²) < 4.78 is 7.84. The molecule has 2 aliphatic carbocycles. The van der Waals surface area contributed by atoms with Gasteiger partial charge < -0.3 is 8.98 Å². The molecule has 6 rings (SSSR count). The molecule has 0 spiro atoms. The second-order valence-electron chi connectivity index (χ2n) is 7.76. The second-order valence-corrected chi connectivity index (χ2v) is 8.70. The Labute approximate surface area is 165 Å². The number of thioether (sulfide) groups is 1. The van der Waals surface area contributed by atoms with Crippen molar-refractivity contribution < 1.29 is 4.42 Å². The molecule has 5 nitrogen and oxygen atoms in total. The molecule has 0 atom stereocenters. The average Bonchev–Trinajstić information content (AvgIpc) is 3.64. The van der Waals surface area contributed by atoms with Gasteiger partial charge in [0.1, 0.15) is 11.4 Å². The van der Waals surface area contributed by atoms with Crippen molar-refractivity contribution in [3.05, 3.63) is 64.3 Å². The van der Waals surface area contributed by atoms with Gasteiger partial charge in [-0.25, -0.2) is 4.79 Å². The number of nitrogens with zero attached hydrogens (tertiary/aromatic N) is 3. The number of hydrogen-bond donors (Lipinski definition) is 0. The van der Waals surface area contributed by atoms with E-state index in [9.17, 15) is 4.79 Å². The topological polar surface area (TPSA) is 60.9 Å². The molecule has 0 unspecified atom stereocenters. The highest BCUT2D eigenvalue weighted by molar-refractivity contribution is 7.98. The van der Waals surface area contributed by atoms with Gasteiger partial charge in [-0.1, -0.05) is 42.1 Å². The monoisotopic (exact) mass is 389 g/mol. The van der Waals surface area contributed by atoms with Gasteiger partial charge >= 0.3 is 5.63 Å². The summed E-state index contributed by atoms with van der Waals surface area (Å²) in [5.41, 5.74) is 1.33. The Morgan fingerprint density at radius 3 is 2.75 bits per heavy atom. The predicted molar refractivity (Wildman–Crippen MR) is 110 cm³/mol. The van der Waals surface area contributed by atoms with Crippen LogP contribution in [-0.2, 0) is 5.75 Å². The third kappa shape index (κ3) is 2.75. The molecule has 28 heavy (non-hydrogen) atoms. The van der Waals surface area contributed by atoms with Crippen molar-refractivity contribution >= 4 is 33.5 Å². The van der Waals surface area contributed by atoms with Crippen LogP contribution in [0.1, 0.15) is 49.0 Å². The van der Waals surface area contributed by atoms with E-state index in [-0.39, 0.29) is 5.63 Å². The third-order valence-electron chi connectivity index (χ3n) is 5.62. The standard InChI is InChI=1S/C22H19N3O2S/c26-19-11-15(20-17-4-2-1-3-13(17)7-10-18(20)27-19)12-28-22-24-23-21(14-5-6-14)25(22)16-8-9-16/h1-4,7,10-11,14,16H,5-6,8-9,12H2. The minimum Gasteiger partial charge on any atom is -0.423 e. The van der Waals surface area contributed by atoms with Crippen molar-refractivity contribution in [2.24, 2.45) is 0 Å². The van der Waals surface area contributed by atoms with Gasteiger partial charge in [0.15, 0.2) is 5.16 Å². The molecule has 6 heteroatoms. The van der Waals surface area contributed by atoms with E-state index in [4.69, 9.17) is 4.42 Å².